The Labute approximate surface area is 126 Å². The van der Waals surface area contributed by atoms with E-state index >= 15 is 0 Å². The van der Waals surface area contributed by atoms with Gasteiger partial charge in [-0.2, -0.15) is 0 Å². The summed E-state index contributed by atoms with van der Waals surface area (Å²) in [4.78, 5) is 36.4. The number of rotatable bonds is 5. The van der Waals surface area contributed by atoms with Gasteiger partial charge in [-0.25, -0.2) is 4.79 Å². The van der Waals surface area contributed by atoms with Gasteiger partial charge < -0.3 is 10.5 Å². The number of likely N-dealkylation sites (N-methyl/N-ethyl adjacent to an activating group) is 1. The second-order valence-corrected chi connectivity index (χ2v) is 4.78. The summed E-state index contributed by atoms with van der Waals surface area (Å²) in [5.41, 5.74) is 6.17. The molecule has 1 heterocycles. The normalized spacial score (nSPS) is 14.8. The molecule has 2 N–H and O–H groups in total. The monoisotopic (exact) mass is 307 g/mol. The molecule has 0 radical (unpaired) electrons. The molecule has 1 saturated heterocycles. The van der Waals surface area contributed by atoms with Crippen LogP contribution in [-0.4, -0.2) is 52.8 Å². The van der Waals surface area contributed by atoms with Crippen molar-refractivity contribution >= 4 is 35.1 Å². The van der Waals surface area contributed by atoms with E-state index in [0.29, 0.717) is 11.3 Å². The minimum absolute atomic E-state index is 0.00888. The Bertz CT molecular complexity index is 632. The van der Waals surface area contributed by atoms with E-state index in [2.05, 4.69) is 0 Å². The van der Waals surface area contributed by atoms with Crippen molar-refractivity contribution in [2.45, 2.75) is 0 Å². The van der Waals surface area contributed by atoms with Crippen LogP contribution in [0.15, 0.2) is 24.3 Å². The highest BCUT2D eigenvalue weighted by molar-refractivity contribution is 7.80. The number of hydrogen-bond acceptors (Lipinski definition) is 5. The van der Waals surface area contributed by atoms with Crippen LogP contribution < -0.4 is 10.5 Å². The van der Waals surface area contributed by atoms with Crippen molar-refractivity contribution in [3.05, 3.63) is 29.8 Å². The lowest BCUT2D eigenvalue weighted by Gasteiger charge is -2.13. The average Bonchev–Trinajstić information content (AvgIpc) is 2.65. The number of ether oxygens (including phenoxy) is 1. The standard InChI is InChI=1S/C13H13N3O4S/c1-15-11(17)12(18)16(13(15)19)5-6-20-9-4-2-3-8(7-9)10(14)21/h2-4,7H,5-6H2,1H3,(H2,14,21). The molecule has 0 aliphatic carbocycles. The summed E-state index contributed by atoms with van der Waals surface area (Å²) in [6, 6.07) is 6.19. The lowest BCUT2D eigenvalue weighted by atomic mass is 10.2. The molecule has 1 aliphatic rings. The maximum atomic E-state index is 11.6. The summed E-state index contributed by atoms with van der Waals surface area (Å²) in [5, 5.41) is 0. The molecule has 0 atom stereocenters. The van der Waals surface area contributed by atoms with Crippen LogP contribution in [0.4, 0.5) is 4.79 Å². The molecule has 1 aromatic rings. The molecule has 7 nitrogen and oxygen atoms in total. The highest BCUT2D eigenvalue weighted by atomic mass is 32.1. The molecule has 21 heavy (non-hydrogen) atoms. The number of amides is 4. The number of thiocarbonyl (C=S) groups is 1. The fourth-order valence-electron chi connectivity index (χ4n) is 1.80. The number of urea groups is 1. The summed E-state index contributed by atoms with van der Waals surface area (Å²) in [7, 11) is 1.26. The third kappa shape index (κ3) is 3.00. The predicted molar refractivity (Wildman–Crippen MR) is 77.7 cm³/mol. The molecule has 0 saturated carbocycles. The summed E-state index contributed by atoms with van der Waals surface area (Å²) < 4.78 is 5.43. The maximum absolute atomic E-state index is 11.6. The fraction of sp³-hybridized carbons (Fsp3) is 0.231. The van der Waals surface area contributed by atoms with Gasteiger partial charge in [-0.15, -0.1) is 0 Å². The number of hydrogen-bond donors (Lipinski definition) is 1. The molecule has 110 valence electrons. The van der Waals surface area contributed by atoms with Gasteiger partial charge in [-0.3, -0.25) is 19.4 Å². The van der Waals surface area contributed by atoms with E-state index in [-0.39, 0.29) is 18.1 Å². The maximum Gasteiger partial charge on any atom is 0.334 e. The van der Waals surface area contributed by atoms with Crippen molar-refractivity contribution in [2.75, 3.05) is 20.2 Å². The molecule has 1 aliphatic heterocycles. The zero-order valence-corrected chi connectivity index (χ0v) is 12.1. The molecule has 0 bridgehead atoms. The molecule has 0 unspecified atom stereocenters. The number of imide groups is 2. The van der Waals surface area contributed by atoms with E-state index in [1.54, 1.807) is 24.3 Å². The van der Waals surface area contributed by atoms with Gasteiger partial charge in [-0.1, -0.05) is 24.4 Å². The fourth-order valence-corrected chi connectivity index (χ4v) is 1.93. The Morgan fingerprint density at radius 2 is 2.00 bits per heavy atom. The van der Waals surface area contributed by atoms with Crippen LogP contribution in [0.5, 0.6) is 5.75 Å². The molecule has 1 fully saturated rings. The lowest BCUT2D eigenvalue weighted by Crippen LogP contribution is -2.35. The van der Waals surface area contributed by atoms with Crippen LogP contribution in [-0.2, 0) is 9.59 Å². The summed E-state index contributed by atoms with van der Waals surface area (Å²) >= 11 is 4.86. The SMILES string of the molecule is CN1C(=O)C(=O)N(CCOc2cccc(C(N)=S)c2)C1=O. The molecule has 4 amide bonds. The summed E-state index contributed by atoms with van der Waals surface area (Å²) in [6.07, 6.45) is 0. The van der Waals surface area contributed by atoms with Crippen LogP contribution in [0.1, 0.15) is 5.56 Å². The van der Waals surface area contributed by atoms with Gasteiger partial charge in [-0.05, 0) is 12.1 Å². The molecular weight excluding hydrogens is 294 g/mol. The first kappa shape index (κ1) is 14.9. The average molecular weight is 307 g/mol. The summed E-state index contributed by atoms with van der Waals surface area (Å²) in [5.74, 6) is -1.17. The second kappa shape index (κ2) is 5.88. The van der Waals surface area contributed by atoms with E-state index in [1.807, 2.05) is 0 Å². The largest absolute Gasteiger partial charge is 0.492 e. The van der Waals surface area contributed by atoms with Crippen molar-refractivity contribution in [3.63, 3.8) is 0 Å². The van der Waals surface area contributed by atoms with Crippen molar-refractivity contribution in [2.24, 2.45) is 5.73 Å². The van der Waals surface area contributed by atoms with E-state index in [4.69, 9.17) is 22.7 Å². The first-order valence-electron chi connectivity index (χ1n) is 6.08. The van der Waals surface area contributed by atoms with Gasteiger partial charge in [0.25, 0.3) is 0 Å². The van der Waals surface area contributed by atoms with Crippen molar-refractivity contribution in [1.82, 2.24) is 9.80 Å². The molecule has 1 aromatic carbocycles. The topological polar surface area (TPSA) is 92.9 Å². The highest BCUT2D eigenvalue weighted by Gasteiger charge is 2.41. The lowest BCUT2D eigenvalue weighted by molar-refractivity contribution is -0.142. The second-order valence-electron chi connectivity index (χ2n) is 4.34. The Balaban J connectivity index is 1.94. The Morgan fingerprint density at radius 3 is 2.57 bits per heavy atom. The van der Waals surface area contributed by atoms with Crippen molar-refractivity contribution in [1.29, 1.82) is 0 Å². The van der Waals surface area contributed by atoms with Gasteiger partial charge in [0, 0.05) is 12.6 Å². The van der Waals surface area contributed by atoms with Crippen LogP contribution in [0, 0.1) is 0 Å². The smallest absolute Gasteiger partial charge is 0.334 e. The third-order valence-corrected chi connectivity index (χ3v) is 3.19. The molecule has 2 rings (SSSR count). The number of carbonyl (C=O) groups excluding carboxylic acids is 3. The van der Waals surface area contributed by atoms with Crippen LogP contribution in [0.2, 0.25) is 0 Å². The highest BCUT2D eigenvalue weighted by Crippen LogP contribution is 2.14. The predicted octanol–water partition coefficient (Wildman–Crippen LogP) is 0.120. The Morgan fingerprint density at radius 1 is 1.29 bits per heavy atom. The third-order valence-electron chi connectivity index (χ3n) is 2.95. The number of carbonyl (C=O) groups is 3. The number of benzene rings is 1. The zero-order chi connectivity index (χ0) is 15.6. The van der Waals surface area contributed by atoms with E-state index in [9.17, 15) is 14.4 Å². The zero-order valence-electron chi connectivity index (χ0n) is 11.2. The number of nitrogens with two attached hydrogens (primary N) is 1. The first-order valence-corrected chi connectivity index (χ1v) is 6.49. The minimum Gasteiger partial charge on any atom is -0.492 e. The summed E-state index contributed by atoms with van der Waals surface area (Å²) in [6.45, 7) is 0.0600. The van der Waals surface area contributed by atoms with E-state index in [1.165, 1.54) is 7.05 Å². The van der Waals surface area contributed by atoms with E-state index < -0.39 is 17.8 Å². The van der Waals surface area contributed by atoms with Crippen LogP contribution in [0.25, 0.3) is 0 Å². The molecule has 0 aromatic heterocycles. The quantitative estimate of drug-likeness (QED) is 0.472. The minimum atomic E-state index is -0.844. The first-order chi connectivity index (χ1) is 9.91. The van der Waals surface area contributed by atoms with Gasteiger partial charge >= 0.3 is 17.8 Å². The van der Waals surface area contributed by atoms with E-state index in [0.717, 1.165) is 9.80 Å². The van der Waals surface area contributed by atoms with Gasteiger partial charge in [0.05, 0.1) is 6.54 Å². The molecule has 8 heteroatoms. The number of nitrogens with zero attached hydrogens (tertiary/aromatic N) is 2. The van der Waals surface area contributed by atoms with Crippen LogP contribution >= 0.6 is 12.2 Å². The van der Waals surface area contributed by atoms with Gasteiger partial charge in [0.2, 0.25) is 0 Å². The van der Waals surface area contributed by atoms with Crippen molar-refractivity contribution < 1.29 is 19.1 Å². The van der Waals surface area contributed by atoms with Crippen molar-refractivity contribution in [3.8, 4) is 5.75 Å². The molecule has 0 spiro atoms. The van der Waals surface area contributed by atoms with Crippen LogP contribution in [0.3, 0.4) is 0 Å². The Kier molecular flexibility index (Phi) is 4.18. The van der Waals surface area contributed by atoms with Gasteiger partial charge in [0.15, 0.2) is 0 Å². The molecular formula is C13H13N3O4S. The Hall–Kier alpha value is -2.48. The van der Waals surface area contributed by atoms with Gasteiger partial charge in [0.1, 0.15) is 17.3 Å².